The predicted octanol–water partition coefficient (Wildman–Crippen LogP) is 4.04. The van der Waals surface area contributed by atoms with Gasteiger partial charge in [-0.25, -0.2) is 9.37 Å². The summed E-state index contributed by atoms with van der Waals surface area (Å²) >= 11 is 1.55. The lowest BCUT2D eigenvalue weighted by atomic mass is 10.1. The Bertz CT molecular complexity index is 554. The van der Waals surface area contributed by atoms with Crippen LogP contribution in [-0.4, -0.2) is 4.98 Å². The number of benzene rings is 1. The predicted molar refractivity (Wildman–Crippen MR) is 70.6 cm³/mol. The molecule has 2 aromatic rings. The number of hydrogen-bond donors (Lipinski definition) is 0. The first-order valence-corrected chi connectivity index (χ1v) is 6.71. The van der Waals surface area contributed by atoms with Crippen LogP contribution in [0.3, 0.4) is 0 Å². The second-order valence-corrected chi connectivity index (χ2v) is 5.01. The van der Waals surface area contributed by atoms with Crippen molar-refractivity contribution in [1.82, 2.24) is 4.98 Å². The van der Waals surface area contributed by atoms with E-state index >= 15 is 0 Å². The minimum Gasteiger partial charge on any atom is -0.241 e. The monoisotopic (exact) mass is 260 g/mol. The summed E-state index contributed by atoms with van der Waals surface area (Å²) in [6.07, 6.45) is 1.53. The first kappa shape index (κ1) is 12.7. The summed E-state index contributed by atoms with van der Waals surface area (Å²) in [6, 6.07) is 8.57. The van der Waals surface area contributed by atoms with Crippen molar-refractivity contribution < 1.29 is 4.39 Å². The van der Waals surface area contributed by atoms with E-state index in [0.717, 1.165) is 22.7 Å². The average molecular weight is 260 g/mol. The van der Waals surface area contributed by atoms with Crippen LogP contribution < -0.4 is 0 Å². The van der Waals surface area contributed by atoms with Gasteiger partial charge in [0.05, 0.1) is 22.7 Å². The third kappa shape index (κ3) is 2.93. The smallest absolute Gasteiger partial charge is 0.123 e. The van der Waals surface area contributed by atoms with E-state index in [0.29, 0.717) is 6.42 Å². The van der Waals surface area contributed by atoms with Gasteiger partial charge in [0.15, 0.2) is 0 Å². The molecular formula is C14H13FN2S. The second-order valence-electron chi connectivity index (χ2n) is 4.07. The highest BCUT2D eigenvalue weighted by Crippen LogP contribution is 2.24. The van der Waals surface area contributed by atoms with E-state index in [1.807, 2.05) is 12.3 Å². The Morgan fingerprint density at radius 2 is 2.11 bits per heavy atom. The lowest BCUT2D eigenvalue weighted by Gasteiger charge is -2.01. The van der Waals surface area contributed by atoms with Crippen molar-refractivity contribution in [1.29, 1.82) is 5.26 Å². The molecule has 0 spiro atoms. The molecule has 0 bridgehead atoms. The zero-order valence-electron chi connectivity index (χ0n) is 10.1. The minimum absolute atomic E-state index is 0.0252. The SMILES string of the molecule is CCC(C#N)Cc1nc(-c2ccc(F)cc2)cs1. The molecule has 0 saturated carbocycles. The Kier molecular flexibility index (Phi) is 4.06. The van der Waals surface area contributed by atoms with Gasteiger partial charge in [-0.15, -0.1) is 11.3 Å². The molecule has 92 valence electrons. The van der Waals surface area contributed by atoms with Gasteiger partial charge >= 0.3 is 0 Å². The summed E-state index contributed by atoms with van der Waals surface area (Å²) in [5.41, 5.74) is 1.76. The van der Waals surface area contributed by atoms with E-state index in [-0.39, 0.29) is 11.7 Å². The highest BCUT2D eigenvalue weighted by molar-refractivity contribution is 7.09. The first-order valence-electron chi connectivity index (χ1n) is 5.83. The van der Waals surface area contributed by atoms with Crippen molar-refractivity contribution in [3.63, 3.8) is 0 Å². The molecule has 1 atom stereocenters. The van der Waals surface area contributed by atoms with Crippen molar-refractivity contribution in [3.05, 3.63) is 40.5 Å². The molecule has 2 rings (SSSR count). The summed E-state index contributed by atoms with van der Waals surface area (Å²) in [5, 5.41) is 11.8. The summed E-state index contributed by atoms with van der Waals surface area (Å²) in [5.74, 6) is -0.220. The molecule has 4 heteroatoms. The molecule has 0 aliphatic carbocycles. The molecule has 1 aromatic heterocycles. The van der Waals surface area contributed by atoms with Gasteiger partial charge in [0, 0.05) is 17.4 Å². The van der Waals surface area contributed by atoms with Crippen LogP contribution in [0.15, 0.2) is 29.6 Å². The first-order chi connectivity index (χ1) is 8.72. The van der Waals surface area contributed by atoms with E-state index in [1.165, 1.54) is 12.1 Å². The standard InChI is InChI=1S/C14H13FN2S/c1-2-10(8-16)7-14-17-13(9-18-14)11-3-5-12(15)6-4-11/h3-6,9-10H,2,7H2,1H3. The normalized spacial score (nSPS) is 12.1. The second kappa shape index (κ2) is 5.74. The van der Waals surface area contributed by atoms with E-state index < -0.39 is 0 Å². The van der Waals surface area contributed by atoms with Crippen LogP contribution >= 0.6 is 11.3 Å². The largest absolute Gasteiger partial charge is 0.241 e. The minimum atomic E-state index is -0.246. The number of rotatable bonds is 4. The number of aromatic nitrogens is 1. The molecule has 0 saturated heterocycles. The van der Waals surface area contributed by atoms with Crippen LogP contribution in [0.25, 0.3) is 11.3 Å². The Morgan fingerprint density at radius 3 is 2.72 bits per heavy atom. The fourth-order valence-electron chi connectivity index (χ4n) is 1.65. The van der Waals surface area contributed by atoms with Crippen LogP contribution in [0.2, 0.25) is 0 Å². The average Bonchev–Trinajstić information content (AvgIpc) is 2.85. The Balaban J connectivity index is 2.15. The Morgan fingerprint density at radius 1 is 1.39 bits per heavy atom. The molecule has 0 aliphatic rings. The van der Waals surface area contributed by atoms with Gasteiger partial charge in [-0.2, -0.15) is 5.26 Å². The van der Waals surface area contributed by atoms with Gasteiger partial charge in [0.2, 0.25) is 0 Å². The molecule has 0 aliphatic heterocycles. The lowest BCUT2D eigenvalue weighted by molar-refractivity contribution is 0.628. The highest BCUT2D eigenvalue weighted by Gasteiger charge is 2.10. The molecule has 0 fully saturated rings. The van der Waals surface area contributed by atoms with Gasteiger partial charge < -0.3 is 0 Å². The zero-order chi connectivity index (χ0) is 13.0. The molecule has 1 heterocycles. The van der Waals surface area contributed by atoms with E-state index in [9.17, 15) is 4.39 Å². The molecule has 1 aromatic carbocycles. The van der Waals surface area contributed by atoms with Crippen LogP contribution in [0.5, 0.6) is 0 Å². The van der Waals surface area contributed by atoms with Crippen LogP contribution in [0, 0.1) is 23.1 Å². The fraction of sp³-hybridized carbons (Fsp3) is 0.286. The van der Waals surface area contributed by atoms with Crippen LogP contribution in [-0.2, 0) is 6.42 Å². The van der Waals surface area contributed by atoms with Crippen molar-refractivity contribution in [3.8, 4) is 17.3 Å². The van der Waals surface area contributed by atoms with Crippen molar-refractivity contribution in [2.24, 2.45) is 5.92 Å². The topological polar surface area (TPSA) is 36.7 Å². The van der Waals surface area contributed by atoms with Gasteiger partial charge in [-0.3, -0.25) is 0 Å². The van der Waals surface area contributed by atoms with Gasteiger partial charge in [0.1, 0.15) is 5.82 Å². The number of halogens is 1. The third-order valence-electron chi connectivity index (χ3n) is 2.79. The molecular weight excluding hydrogens is 247 g/mol. The van der Waals surface area contributed by atoms with E-state index in [2.05, 4.69) is 11.1 Å². The Hall–Kier alpha value is -1.73. The van der Waals surface area contributed by atoms with Crippen molar-refractivity contribution >= 4 is 11.3 Å². The fourth-order valence-corrected chi connectivity index (χ4v) is 2.53. The summed E-state index contributed by atoms with van der Waals surface area (Å²) in [7, 11) is 0. The van der Waals surface area contributed by atoms with Crippen LogP contribution in [0.1, 0.15) is 18.4 Å². The third-order valence-corrected chi connectivity index (χ3v) is 3.66. The molecule has 0 amide bonds. The van der Waals surface area contributed by atoms with Gasteiger partial charge in [0.25, 0.3) is 0 Å². The van der Waals surface area contributed by atoms with Gasteiger partial charge in [-0.05, 0) is 30.7 Å². The maximum Gasteiger partial charge on any atom is 0.123 e. The highest BCUT2D eigenvalue weighted by atomic mass is 32.1. The summed E-state index contributed by atoms with van der Waals surface area (Å²) in [4.78, 5) is 4.49. The van der Waals surface area contributed by atoms with Gasteiger partial charge in [-0.1, -0.05) is 6.92 Å². The number of nitrogens with zero attached hydrogens (tertiary/aromatic N) is 2. The molecule has 0 radical (unpaired) electrons. The van der Waals surface area contributed by atoms with Crippen molar-refractivity contribution in [2.75, 3.05) is 0 Å². The molecule has 1 unspecified atom stereocenters. The maximum absolute atomic E-state index is 12.8. The van der Waals surface area contributed by atoms with Crippen LogP contribution in [0.4, 0.5) is 4.39 Å². The molecule has 0 N–H and O–H groups in total. The number of nitriles is 1. The summed E-state index contributed by atoms with van der Waals surface area (Å²) in [6.45, 7) is 2.00. The van der Waals surface area contributed by atoms with Crippen molar-refractivity contribution in [2.45, 2.75) is 19.8 Å². The molecule has 2 nitrogen and oxygen atoms in total. The maximum atomic E-state index is 12.8. The zero-order valence-corrected chi connectivity index (χ0v) is 10.9. The molecule has 18 heavy (non-hydrogen) atoms. The Labute approximate surface area is 110 Å². The van der Waals surface area contributed by atoms with E-state index in [1.54, 1.807) is 23.5 Å². The lowest BCUT2D eigenvalue weighted by Crippen LogP contribution is -1.99. The number of hydrogen-bond acceptors (Lipinski definition) is 3. The quantitative estimate of drug-likeness (QED) is 0.831. The summed E-state index contributed by atoms with van der Waals surface area (Å²) < 4.78 is 12.8. The van der Waals surface area contributed by atoms with E-state index in [4.69, 9.17) is 5.26 Å². The number of thiazole rings is 1.